The molecule has 0 spiro atoms. The minimum Gasteiger partial charge on any atom is -0.480 e. The molecule has 0 aromatic heterocycles. The number of nitrogens with zero attached hydrogens (tertiary/aromatic N) is 1. The summed E-state index contributed by atoms with van der Waals surface area (Å²) in [5.41, 5.74) is 5.39. The van der Waals surface area contributed by atoms with Crippen LogP contribution in [0, 0.1) is 0 Å². The highest BCUT2D eigenvalue weighted by Crippen LogP contribution is 2.17. The third-order valence-corrected chi connectivity index (χ3v) is 2.58. The number of carbonyl (C=O) groups is 4. The lowest BCUT2D eigenvalue weighted by Crippen LogP contribution is -2.47. The van der Waals surface area contributed by atoms with Crippen molar-refractivity contribution in [1.82, 2.24) is 4.90 Å². The molecule has 1 saturated heterocycles. The first-order valence-corrected chi connectivity index (χ1v) is 6.09. The molecule has 21 heavy (non-hydrogen) atoms. The lowest BCUT2D eigenvalue weighted by Gasteiger charge is -2.22. The van der Waals surface area contributed by atoms with Crippen molar-refractivity contribution in [3.05, 3.63) is 12.2 Å². The van der Waals surface area contributed by atoms with Gasteiger partial charge < -0.3 is 26.0 Å². The first-order chi connectivity index (χ1) is 9.66. The fraction of sp³-hybridized carbons (Fsp3) is 0.500. The predicted molar refractivity (Wildman–Crippen MR) is 70.4 cm³/mol. The Kier molecular flexibility index (Phi) is 7.69. The first kappa shape index (κ1) is 18.6. The first-order valence-electron chi connectivity index (χ1n) is 6.09. The van der Waals surface area contributed by atoms with Crippen molar-refractivity contribution in [2.45, 2.75) is 31.8 Å². The van der Waals surface area contributed by atoms with Crippen LogP contribution < -0.4 is 5.73 Å². The van der Waals surface area contributed by atoms with Crippen LogP contribution in [0.15, 0.2) is 12.2 Å². The second-order valence-corrected chi connectivity index (χ2v) is 4.33. The lowest BCUT2D eigenvalue weighted by molar-refractivity contribution is -0.148. The Bertz CT molecular complexity index is 429. The smallest absolute Gasteiger partial charge is 0.328 e. The molecular formula is C12H18N2O7. The highest BCUT2D eigenvalue weighted by atomic mass is 16.4. The number of hydrogen-bond acceptors (Lipinski definition) is 5. The minimum atomic E-state index is -1.26. The molecule has 1 rings (SSSR count). The van der Waals surface area contributed by atoms with E-state index in [1.165, 1.54) is 4.90 Å². The second-order valence-electron chi connectivity index (χ2n) is 4.33. The molecule has 1 fully saturated rings. The van der Waals surface area contributed by atoms with E-state index >= 15 is 0 Å². The Labute approximate surface area is 120 Å². The molecule has 0 bridgehead atoms. The summed E-state index contributed by atoms with van der Waals surface area (Å²) in [4.78, 5) is 42.6. The Morgan fingerprint density at radius 3 is 1.95 bits per heavy atom. The van der Waals surface area contributed by atoms with Crippen molar-refractivity contribution in [2.75, 3.05) is 6.54 Å². The zero-order chi connectivity index (χ0) is 16.6. The maximum Gasteiger partial charge on any atom is 0.328 e. The molecule has 0 aromatic carbocycles. The van der Waals surface area contributed by atoms with Gasteiger partial charge in [0.1, 0.15) is 6.04 Å². The van der Waals surface area contributed by atoms with Gasteiger partial charge in [-0.05, 0) is 19.8 Å². The van der Waals surface area contributed by atoms with Gasteiger partial charge in [-0.15, -0.1) is 0 Å². The maximum atomic E-state index is 11.4. The molecule has 1 amide bonds. The van der Waals surface area contributed by atoms with Crippen LogP contribution in [-0.4, -0.2) is 62.7 Å². The lowest BCUT2D eigenvalue weighted by atomic mass is 10.2. The van der Waals surface area contributed by atoms with Gasteiger partial charge in [0.2, 0.25) is 5.91 Å². The quantitative estimate of drug-likeness (QED) is 0.487. The van der Waals surface area contributed by atoms with E-state index in [1.54, 1.807) is 6.92 Å². The molecule has 1 aliphatic heterocycles. The molecular weight excluding hydrogens is 284 g/mol. The normalized spacial score (nSPS) is 18.8. The molecule has 0 unspecified atom stereocenters. The van der Waals surface area contributed by atoms with Gasteiger partial charge in [0.05, 0.1) is 6.04 Å². The molecule has 1 aliphatic rings. The van der Waals surface area contributed by atoms with Gasteiger partial charge in [-0.1, -0.05) is 0 Å². The van der Waals surface area contributed by atoms with E-state index in [0.29, 0.717) is 25.1 Å². The Morgan fingerprint density at radius 1 is 1.14 bits per heavy atom. The van der Waals surface area contributed by atoms with E-state index in [0.717, 1.165) is 6.42 Å². The number of hydrogen-bond donors (Lipinski definition) is 4. The number of carboxylic acids is 3. The van der Waals surface area contributed by atoms with Crippen LogP contribution in [0.4, 0.5) is 0 Å². The monoisotopic (exact) mass is 302 g/mol. The molecule has 118 valence electrons. The van der Waals surface area contributed by atoms with Crippen LogP contribution in [0.1, 0.15) is 19.8 Å². The van der Waals surface area contributed by atoms with Gasteiger partial charge in [0, 0.05) is 18.7 Å². The average molecular weight is 302 g/mol. The number of nitrogens with two attached hydrogens (primary N) is 1. The summed E-state index contributed by atoms with van der Waals surface area (Å²) < 4.78 is 0. The van der Waals surface area contributed by atoms with E-state index < -0.39 is 30.0 Å². The Balaban J connectivity index is 0.000000433. The summed E-state index contributed by atoms with van der Waals surface area (Å²) in [5, 5.41) is 24.4. The van der Waals surface area contributed by atoms with Gasteiger partial charge in [-0.3, -0.25) is 4.79 Å². The van der Waals surface area contributed by atoms with Gasteiger partial charge in [0.25, 0.3) is 0 Å². The number of rotatable bonds is 4. The van der Waals surface area contributed by atoms with E-state index in [9.17, 15) is 19.2 Å². The number of carboxylic acid groups (broad SMARTS) is 3. The van der Waals surface area contributed by atoms with Crippen molar-refractivity contribution in [1.29, 1.82) is 0 Å². The average Bonchev–Trinajstić information content (AvgIpc) is 2.85. The minimum absolute atomic E-state index is 0.273. The topological polar surface area (TPSA) is 158 Å². The molecule has 9 heteroatoms. The standard InChI is InChI=1S/C8H14N2O3.C4H4O4/c1-5(9)7(11)10-4-2-3-6(10)8(12)13;5-3(6)1-2-4(7)8/h5-6H,2-4,9H2,1H3,(H,12,13);1-2H,(H,5,6)(H,7,8)/b;2-1-/t5-,6-;/m0./s1. The summed E-state index contributed by atoms with van der Waals surface area (Å²) >= 11 is 0. The van der Waals surface area contributed by atoms with Gasteiger partial charge in [0.15, 0.2) is 0 Å². The summed E-state index contributed by atoms with van der Waals surface area (Å²) in [7, 11) is 0. The van der Waals surface area contributed by atoms with E-state index in [-0.39, 0.29) is 5.91 Å². The molecule has 2 atom stereocenters. The van der Waals surface area contributed by atoms with Crippen molar-refractivity contribution < 1.29 is 34.5 Å². The van der Waals surface area contributed by atoms with Crippen molar-refractivity contribution >= 4 is 23.8 Å². The summed E-state index contributed by atoms with van der Waals surface area (Å²) in [5.74, 6) is -3.73. The fourth-order valence-corrected chi connectivity index (χ4v) is 1.69. The summed E-state index contributed by atoms with van der Waals surface area (Å²) in [6.07, 6.45) is 2.40. The molecule has 1 heterocycles. The highest BCUT2D eigenvalue weighted by molar-refractivity contribution is 5.89. The fourth-order valence-electron chi connectivity index (χ4n) is 1.69. The van der Waals surface area contributed by atoms with Gasteiger partial charge in [-0.2, -0.15) is 0 Å². The van der Waals surface area contributed by atoms with Crippen LogP contribution >= 0.6 is 0 Å². The number of likely N-dealkylation sites (tertiary alicyclic amines) is 1. The highest BCUT2D eigenvalue weighted by Gasteiger charge is 2.34. The zero-order valence-electron chi connectivity index (χ0n) is 11.4. The number of carbonyl (C=O) groups excluding carboxylic acids is 1. The third kappa shape index (κ3) is 7.06. The Morgan fingerprint density at radius 2 is 1.62 bits per heavy atom. The Hall–Kier alpha value is -2.42. The SMILES string of the molecule is C[C@H](N)C(=O)N1CCC[C@H]1C(=O)O.O=C(O)/C=C\C(=O)O. The third-order valence-electron chi connectivity index (χ3n) is 2.58. The molecule has 0 saturated carbocycles. The largest absolute Gasteiger partial charge is 0.480 e. The zero-order valence-corrected chi connectivity index (χ0v) is 11.4. The van der Waals surface area contributed by atoms with Crippen LogP contribution in [0.5, 0.6) is 0 Å². The summed E-state index contributed by atoms with van der Waals surface area (Å²) in [6.45, 7) is 2.08. The second kappa shape index (κ2) is 8.69. The molecule has 0 aromatic rings. The molecule has 0 radical (unpaired) electrons. The van der Waals surface area contributed by atoms with E-state index in [2.05, 4.69) is 0 Å². The number of aliphatic carboxylic acids is 3. The summed E-state index contributed by atoms with van der Waals surface area (Å²) in [6, 6.07) is -1.28. The van der Waals surface area contributed by atoms with Crippen LogP contribution in [0.25, 0.3) is 0 Å². The van der Waals surface area contributed by atoms with Crippen LogP contribution in [0.2, 0.25) is 0 Å². The predicted octanol–water partition coefficient (Wildman–Crippen LogP) is -0.879. The van der Waals surface area contributed by atoms with Crippen molar-refractivity contribution in [3.8, 4) is 0 Å². The van der Waals surface area contributed by atoms with Gasteiger partial charge >= 0.3 is 17.9 Å². The number of amides is 1. The van der Waals surface area contributed by atoms with E-state index in [1.807, 2.05) is 0 Å². The van der Waals surface area contributed by atoms with Gasteiger partial charge in [-0.25, -0.2) is 14.4 Å². The van der Waals surface area contributed by atoms with Crippen molar-refractivity contribution in [2.24, 2.45) is 5.73 Å². The van der Waals surface area contributed by atoms with Crippen LogP contribution in [0.3, 0.4) is 0 Å². The van der Waals surface area contributed by atoms with Crippen molar-refractivity contribution in [3.63, 3.8) is 0 Å². The van der Waals surface area contributed by atoms with Crippen LogP contribution in [-0.2, 0) is 19.2 Å². The molecule has 5 N–H and O–H groups in total. The maximum absolute atomic E-state index is 11.4. The molecule has 0 aliphatic carbocycles. The molecule has 9 nitrogen and oxygen atoms in total. The van der Waals surface area contributed by atoms with E-state index in [4.69, 9.17) is 21.1 Å².